The minimum Gasteiger partial charge on any atom is -0.342 e. The molecular formula is C17H17N3O3S. The summed E-state index contributed by atoms with van der Waals surface area (Å²) in [5.41, 5.74) is 1.82. The number of hydrogen-bond acceptors (Lipinski definition) is 4. The summed E-state index contributed by atoms with van der Waals surface area (Å²) in [6.07, 6.45) is 1.09. The van der Waals surface area contributed by atoms with Gasteiger partial charge in [0.05, 0.1) is 27.5 Å². The zero-order chi connectivity index (χ0) is 17.3. The number of sulfone groups is 1. The molecular weight excluding hydrogens is 326 g/mol. The fraction of sp³-hybridized carbons (Fsp3) is 0.176. The summed E-state index contributed by atoms with van der Waals surface area (Å²) in [4.78, 5) is 20.1. The van der Waals surface area contributed by atoms with Crippen molar-refractivity contribution in [1.82, 2.24) is 15.3 Å². The van der Waals surface area contributed by atoms with Crippen molar-refractivity contribution in [3.05, 3.63) is 59.9 Å². The van der Waals surface area contributed by atoms with Crippen LogP contribution in [0.3, 0.4) is 0 Å². The van der Waals surface area contributed by atoms with Crippen LogP contribution in [0.4, 0.5) is 0 Å². The van der Waals surface area contributed by atoms with E-state index in [1.807, 2.05) is 24.3 Å². The first-order valence-corrected chi connectivity index (χ1v) is 9.30. The van der Waals surface area contributed by atoms with Crippen LogP contribution in [0, 0.1) is 0 Å². The van der Waals surface area contributed by atoms with Gasteiger partial charge in [0.25, 0.3) is 5.91 Å². The zero-order valence-electron chi connectivity index (χ0n) is 13.3. The van der Waals surface area contributed by atoms with Gasteiger partial charge in [0.15, 0.2) is 9.84 Å². The zero-order valence-corrected chi connectivity index (χ0v) is 14.1. The molecule has 6 nitrogen and oxygen atoms in total. The molecule has 124 valence electrons. The van der Waals surface area contributed by atoms with E-state index in [-0.39, 0.29) is 10.5 Å². The number of carbonyl (C=O) groups excluding carboxylic acids is 1. The molecule has 7 heteroatoms. The van der Waals surface area contributed by atoms with E-state index in [0.717, 1.165) is 17.3 Å². The Bertz CT molecular complexity index is 976. The smallest absolute Gasteiger partial charge is 0.253 e. The summed E-state index contributed by atoms with van der Waals surface area (Å²) in [6.45, 7) is 1.79. The summed E-state index contributed by atoms with van der Waals surface area (Å²) in [5, 5.41) is 2.79. The molecule has 1 atom stereocenters. The van der Waals surface area contributed by atoms with Crippen LogP contribution in [0.25, 0.3) is 11.0 Å². The van der Waals surface area contributed by atoms with Crippen LogP contribution >= 0.6 is 0 Å². The minimum absolute atomic E-state index is 0.0132. The summed E-state index contributed by atoms with van der Waals surface area (Å²) in [6, 6.07) is 13.3. The number of benzene rings is 2. The molecule has 0 spiro atoms. The second-order valence-electron chi connectivity index (χ2n) is 5.60. The summed E-state index contributed by atoms with van der Waals surface area (Å²) >= 11 is 0. The maximum absolute atomic E-state index is 12.5. The van der Waals surface area contributed by atoms with Crippen molar-refractivity contribution < 1.29 is 13.2 Å². The number of nitrogens with zero attached hydrogens (tertiary/aromatic N) is 1. The third kappa shape index (κ3) is 3.16. The van der Waals surface area contributed by atoms with E-state index in [9.17, 15) is 13.2 Å². The lowest BCUT2D eigenvalue weighted by atomic mass is 10.2. The van der Waals surface area contributed by atoms with E-state index in [0.29, 0.717) is 5.82 Å². The fourth-order valence-corrected chi connectivity index (χ4v) is 3.38. The van der Waals surface area contributed by atoms with Gasteiger partial charge in [-0.15, -0.1) is 0 Å². The fourth-order valence-electron chi connectivity index (χ4n) is 2.50. The molecule has 0 bridgehead atoms. The lowest BCUT2D eigenvalue weighted by molar-refractivity contribution is 0.0935. The SMILES string of the molecule is C[C@H](NC(=O)c1ccccc1S(C)(=O)=O)c1nc2ccccc2[nH]1. The van der Waals surface area contributed by atoms with Crippen LogP contribution in [0.15, 0.2) is 53.4 Å². The average Bonchev–Trinajstić information content (AvgIpc) is 2.98. The molecule has 1 aromatic heterocycles. The molecule has 3 rings (SSSR count). The summed E-state index contributed by atoms with van der Waals surface area (Å²) in [7, 11) is -3.48. The maximum atomic E-state index is 12.5. The van der Waals surface area contributed by atoms with Crippen LogP contribution in [0.5, 0.6) is 0 Å². The number of amides is 1. The van der Waals surface area contributed by atoms with Gasteiger partial charge in [-0.3, -0.25) is 4.79 Å². The van der Waals surface area contributed by atoms with Crippen LogP contribution in [0.1, 0.15) is 29.1 Å². The molecule has 24 heavy (non-hydrogen) atoms. The largest absolute Gasteiger partial charge is 0.342 e. The Hall–Kier alpha value is -2.67. The molecule has 2 N–H and O–H groups in total. The Morgan fingerprint density at radius 3 is 2.50 bits per heavy atom. The topological polar surface area (TPSA) is 91.9 Å². The van der Waals surface area contributed by atoms with Gasteiger partial charge < -0.3 is 10.3 Å². The monoisotopic (exact) mass is 343 g/mol. The van der Waals surface area contributed by atoms with E-state index in [1.165, 1.54) is 12.1 Å². The van der Waals surface area contributed by atoms with Crippen molar-refractivity contribution in [2.45, 2.75) is 17.9 Å². The highest BCUT2D eigenvalue weighted by molar-refractivity contribution is 7.90. The van der Waals surface area contributed by atoms with Gasteiger partial charge >= 0.3 is 0 Å². The highest BCUT2D eigenvalue weighted by atomic mass is 32.2. The van der Waals surface area contributed by atoms with Gasteiger partial charge in [0.2, 0.25) is 0 Å². The van der Waals surface area contributed by atoms with Crippen molar-refractivity contribution >= 4 is 26.8 Å². The Kier molecular flexibility index (Phi) is 4.11. The Balaban J connectivity index is 1.87. The number of nitrogens with one attached hydrogen (secondary N) is 2. The molecule has 0 aliphatic carbocycles. The quantitative estimate of drug-likeness (QED) is 0.761. The minimum atomic E-state index is -3.48. The lowest BCUT2D eigenvalue weighted by Crippen LogP contribution is -2.28. The van der Waals surface area contributed by atoms with Crippen LogP contribution in [-0.2, 0) is 9.84 Å². The normalized spacial score (nSPS) is 12.9. The Labute approximate surface area is 139 Å². The number of rotatable bonds is 4. The molecule has 0 saturated carbocycles. The predicted molar refractivity (Wildman–Crippen MR) is 91.5 cm³/mol. The molecule has 2 aromatic carbocycles. The molecule has 0 unspecified atom stereocenters. The molecule has 3 aromatic rings. The molecule has 0 fully saturated rings. The number of carbonyl (C=O) groups is 1. The third-order valence-electron chi connectivity index (χ3n) is 3.70. The van der Waals surface area contributed by atoms with E-state index in [1.54, 1.807) is 19.1 Å². The van der Waals surface area contributed by atoms with Crippen molar-refractivity contribution in [2.75, 3.05) is 6.26 Å². The highest BCUT2D eigenvalue weighted by Crippen LogP contribution is 2.18. The molecule has 0 saturated heterocycles. The standard InChI is InChI=1S/C17H17N3O3S/c1-11(16-19-13-8-4-5-9-14(13)20-16)18-17(21)12-7-3-6-10-15(12)24(2,22)23/h3-11H,1-2H3,(H,18,21)(H,19,20)/t11-/m0/s1. The van der Waals surface area contributed by atoms with E-state index in [2.05, 4.69) is 15.3 Å². The molecule has 0 radical (unpaired) electrons. The highest BCUT2D eigenvalue weighted by Gasteiger charge is 2.20. The van der Waals surface area contributed by atoms with E-state index >= 15 is 0 Å². The van der Waals surface area contributed by atoms with Gasteiger partial charge in [-0.05, 0) is 31.2 Å². The number of aromatic amines is 1. The Morgan fingerprint density at radius 1 is 1.12 bits per heavy atom. The lowest BCUT2D eigenvalue weighted by Gasteiger charge is -2.13. The first kappa shape index (κ1) is 16.2. The number of H-pyrrole nitrogens is 1. The number of hydrogen-bond donors (Lipinski definition) is 2. The van der Waals surface area contributed by atoms with Crippen LogP contribution in [-0.4, -0.2) is 30.5 Å². The Morgan fingerprint density at radius 2 is 1.79 bits per heavy atom. The van der Waals surface area contributed by atoms with Gasteiger partial charge in [-0.25, -0.2) is 13.4 Å². The number of para-hydroxylation sites is 2. The average molecular weight is 343 g/mol. The number of aromatic nitrogens is 2. The summed E-state index contributed by atoms with van der Waals surface area (Å²) < 4.78 is 23.7. The molecule has 0 aliphatic heterocycles. The van der Waals surface area contributed by atoms with Crippen molar-refractivity contribution in [2.24, 2.45) is 0 Å². The molecule has 0 aliphatic rings. The summed E-state index contributed by atoms with van der Waals surface area (Å²) in [5.74, 6) is 0.158. The second-order valence-corrected chi connectivity index (χ2v) is 7.59. The third-order valence-corrected chi connectivity index (χ3v) is 4.85. The van der Waals surface area contributed by atoms with Crippen molar-refractivity contribution in [1.29, 1.82) is 0 Å². The molecule has 1 amide bonds. The van der Waals surface area contributed by atoms with Gasteiger partial charge in [0, 0.05) is 6.26 Å². The van der Waals surface area contributed by atoms with Gasteiger partial charge in [0.1, 0.15) is 5.82 Å². The van der Waals surface area contributed by atoms with Crippen LogP contribution < -0.4 is 5.32 Å². The van der Waals surface area contributed by atoms with Gasteiger partial charge in [-0.1, -0.05) is 24.3 Å². The van der Waals surface area contributed by atoms with E-state index < -0.39 is 21.8 Å². The van der Waals surface area contributed by atoms with E-state index in [4.69, 9.17) is 0 Å². The number of imidazole rings is 1. The first-order chi connectivity index (χ1) is 11.4. The first-order valence-electron chi connectivity index (χ1n) is 7.41. The van der Waals surface area contributed by atoms with Crippen LogP contribution in [0.2, 0.25) is 0 Å². The number of fused-ring (bicyclic) bond motifs is 1. The predicted octanol–water partition coefficient (Wildman–Crippen LogP) is 2.46. The van der Waals surface area contributed by atoms with Gasteiger partial charge in [-0.2, -0.15) is 0 Å². The molecule has 1 heterocycles. The van der Waals surface area contributed by atoms with Crippen molar-refractivity contribution in [3.8, 4) is 0 Å². The van der Waals surface area contributed by atoms with Crippen molar-refractivity contribution in [3.63, 3.8) is 0 Å². The second kappa shape index (κ2) is 6.09. The maximum Gasteiger partial charge on any atom is 0.253 e.